The first-order valence-corrected chi connectivity index (χ1v) is 7.65. The molecule has 5 nitrogen and oxygen atoms in total. The van der Waals surface area contributed by atoms with Gasteiger partial charge in [-0.2, -0.15) is 0 Å². The minimum Gasteiger partial charge on any atom is -0.364 e. The van der Waals surface area contributed by atoms with E-state index in [1.54, 1.807) is 0 Å². The number of rotatable bonds is 3. The van der Waals surface area contributed by atoms with E-state index in [2.05, 4.69) is 9.88 Å². The van der Waals surface area contributed by atoms with Crippen molar-refractivity contribution in [1.29, 1.82) is 0 Å². The topological polar surface area (TPSA) is 72.1 Å². The first kappa shape index (κ1) is 14.5. The van der Waals surface area contributed by atoms with Gasteiger partial charge in [0, 0.05) is 24.2 Å². The molecule has 1 fully saturated rings. The van der Waals surface area contributed by atoms with Crippen LogP contribution in [0.1, 0.15) is 35.3 Å². The molecule has 1 amide bonds. The van der Waals surface area contributed by atoms with Crippen LogP contribution in [-0.2, 0) is 0 Å². The van der Waals surface area contributed by atoms with Gasteiger partial charge in [-0.3, -0.25) is 4.79 Å². The summed E-state index contributed by atoms with van der Waals surface area (Å²) in [6.07, 6.45) is 3.49. The molecule has 0 bridgehead atoms. The Labute approximate surface area is 130 Å². The number of carbonyl (C=O) groups is 1. The van der Waals surface area contributed by atoms with Crippen molar-refractivity contribution in [3.05, 3.63) is 41.6 Å². The maximum absolute atomic E-state index is 11.8. The van der Waals surface area contributed by atoms with Crippen molar-refractivity contribution in [2.24, 2.45) is 5.73 Å². The largest absolute Gasteiger partial charge is 0.364 e. The molecule has 3 rings (SSSR count). The van der Waals surface area contributed by atoms with E-state index in [0.29, 0.717) is 11.6 Å². The van der Waals surface area contributed by atoms with Crippen molar-refractivity contribution in [3.63, 3.8) is 0 Å². The molecule has 0 radical (unpaired) electrons. The van der Waals surface area contributed by atoms with Crippen LogP contribution in [0.4, 0.5) is 5.95 Å². The summed E-state index contributed by atoms with van der Waals surface area (Å²) in [7, 11) is 0. The number of carbonyl (C=O) groups excluding carboxylic acids is 1. The molecule has 5 heteroatoms. The number of primary amides is 1. The standard InChI is InChI=1S/C17H20N4O/c1-12-14(13-8-4-2-5-9-13)19-17(20-15(12)16(18)22)21-10-6-3-7-11-21/h2,4-5,8-9H,3,6-7,10-11H2,1H3,(H2,18,22). The van der Waals surface area contributed by atoms with E-state index < -0.39 is 5.91 Å². The zero-order valence-electron chi connectivity index (χ0n) is 12.7. The van der Waals surface area contributed by atoms with Gasteiger partial charge < -0.3 is 10.6 Å². The lowest BCUT2D eigenvalue weighted by Gasteiger charge is -2.27. The number of nitrogens with zero attached hydrogens (tertiary/aromatic N) is 3. The van der Waals surface area contributed by atoms with E-state index in [1.807, 2.05) is 37.3 Å². The van der Waals surface area contributed by atoms with Crippen LogP contribution < -0.4 is 10.6 Å². The summed E-state index contributed by atoms with van der Waals surface area (Å²) in [5.74, 6) is 0.105. The van der Waals surface area contributed by atoms with Gasteiger partial charge in [0.1, 0.15) is 5.69 Å². The van der Waals surface area contributed by atoms with Crippen molar-refractivity contribution >= 4 is 11.9 Å². The summed E-state index contributed by atoms with van der Waals surface area (Å²) in [6, 6.07) is 9.85. The number of anilines is 1. The Balaban J connectivity index is 2.12. The third kappa shape index (κ3) is 2.79. The number of hydrogen-bond donors (Lipinski definition) is 1. The highest BCUT2D eigenvalue weighted by atomic mass is 16.1. The minimum atomic E-state index is -0.504. The lowest BCUT2D eigenvalue weighted by molar-refractivity contribution is 0.0995. The molecule has 114 valence electrons. The van der Waals surface area contributed by atoms with Crippen molar-refractivity contribution in [1.82, 2.24) is 9.97 Å². The molecule has 0 unspecified atom stereocenters. The van der Waals surface area contributed by atoms with Crippen LogP contribution >= 0.6 is 0 Å². The van der Waals surface area contributed by atoms with Gasteiger partial charge in [0.15, 0.2) is 0 Å². The Kier molecular flexibility index (Phi) is 4.04. The van der Waals surface area contributed by atoms with Crippen LogP contribution in [0.15, 0.2) is 30.3 Å². The molecule has 0 aliphatic carbocycles. The van der Waals surface area contributed by atoms with E-state index >= 15 is 0 Å². The second-order valence-corrected chi connectivity index (χ2v) is 5.62. The van der Waals surface area contributed by atoms with Crippen LogP contribution in [0.2, 0.25) is 0 Å². The summed E-state index contributed by atoms with van der Waals surface area (Å²) in [5, 5.41) is 0. The number of nitrogens with two attached hydrogens (primary N) is 1. The van der Waals surface area contributed by atoms with Crippen LogP contribution in [0.3, 0.4) is 0 Å². The van der Waals surface area contributed by atoms with Gasteiger partial charge in [-0.15, -0.1) is 0 Å². The van der Waals surface area contributed by atoms with Crippen molar-refractivity contribution in [3.8, 4) is 11.3 Å². The number of amides is 1. The van der Waals surface area contributed by atoms with Gasteiger partial charge in [0.2, 0.25) is 5.95 Å². The van der Waals surface area contributed by atoms with Crippen LogP contribution in [0, 0.1) is 6.92 Å². The van der Waals surface area contributed by atoms with Gasteiger partial charge in [0.05, 0.1) is 5.69 Å². The molecule has 22 heavy (non-hydrogen) atoms. The van der Waals surface area contributed by atoms with E-state index in [-0.39, 0.29) is 0 Å². The molecule has 2 heterocycles. The predicted molar refractivity (Wildman–Crippen MR) is 86.8 cm³/mol. The summed E-state index contributed by atoms with van der Waals surface area (Å²) in [4.78, 5) is 23.0. The minimum absolute atomic E-state index is 0.314. The lowest BCUT2D eigenvalue weighted by Crippen LogP contribution is -2.32. The highest BCUT2D eigenvalue weighted by molar-refractivity contribution is 5.94. The first-order chi connectivity index (χ1) is 10.7. The summed E-state index contributed by atoms with van der Waals surface area (Å²) >= 11 is 0. The monoisotopic (exact) mass is 296 g/mol. The predicted octanol–water partition coefficient (Wildman–Crippen LogP) is 2.54. The van der Waals surface area contributed by atoms with Gasteiger partial charge in [0.25, 0.3) is 5.91 Å². The molecule has 0 spiro atoms. The fourth-order valence-corrected chi connectivity index (χ4v) is 2.86. The smallest absolute Gasteiger partial charge is 0.267 e. The summed E-state index contributed by atoms with van der Waals surface area (Å²) in [6.45, 7) is 3.70. The van der Waals surface area contributed by atoms with E-state index in [9.17, 15) is 4.79 Å². The third-order valence-electron chi connectivity index (χ3n) is 4.05. The van der Waals surface area contributed by atoms with Crippen LogP contribution in [0.25, 0.3) is 11.3 Å². The maximum atomic E-state index is 11.8. The molecular formula is C17H20N4O. The second kappa shape index (κ2) is 6.13. The van der Waals surface area contributed by atoms with Gasteiger partial charge in [-0.05, 0) is 26.2 Å². The van der Waals surface area contributed by atoms with Crippen LogP contribution in [0.5, 0.6) is 0 Å². The quantitative estimate of drug-likeness (QED) is 0.944. The molecule has 0 saturated carbocycles. The average Bonchev–Trinajstić information content (AvgIpc) is 2.56. The van der Waals surface area contributed by atoms with Gasteiger partial charge in [-0.1, -0.05) is 30.3 Å². The SMILES string of the molecule is Cc1c(C(N)=O)nc(N2CCCCC2)nc1-c1ccccc1. The molecule has 1 aliphatic rings. The fraction of sp³-hybridized carbons (Fsp3) is 0.353. The summed E-state index contributed by atoms with van der Waals surface area (Å²) in [5.41, 5.74) is 8.32. The fourth-order valence-electron chi connectivity index (χ4n) is 2.86. The Hall–Kier alpha value is -2.43. The Morgan fingerprint density at radius 1 is 1.09 bits per heavy atom. The highest BCUT2D eigenvalue weighted by Crippen LogP contribution is 2.26. The van der Waals surface area contributed by atoms with Crippen molar-refractivity contribution < 1.29 is 4.79 Å². The molecule has 2 N–H and O–H groups in total. The number of benzene rings is 1. The van der Waals surface area contributed by atoms with E-state index in [4.69, 9.17) is 10.7 Å². The normalized spacial score (nSPS) is 14.9. The van der Waals surface area contributed by atoms with Crippen molar-refractivity contribution in [2.45, 2.75) is 26.2 Å². The zero-order chi connectivity index (χ0) is 15.5. The maximum Gasteiger partial charge on any atom is 0.267 e. The Bertz CT molecular complexity index is 679. The second-order valence-electron chi connectivity index (χ2n) is 5.62. The summed E-state index contributed by atoms with van der Waals surface area (Å²) < 4.78 is 0. The molecule has 1 aromatic heterocycles. The molecule has 0 atom stereocenters. The molecule has 1 saturated heterocycles. The Morgan fingerprint density at radius 3 is 2.41 bits per heavy atom. The third-order valence-corrected chi connectivity index (χ3v) is 4.05. The molecular weight excluding hydrogens is 276 g/mol. The van der Waals surface area contributed by atoms with E-state index in [1.165, 1.54) is 6.42 Å². The number of hydrogen-bond acceptors (Lipinski definition) is 4. The zero-order valence-corrected chi connectivity index (χ0v) is 12.7. The molecule has 1 aromatic carbocycles. The molecule has 1 aliphatic heterocycles. The van der Waals surface area contributed by atoms with Gasteiger partial charge in [-0.25, -0.2) is 9.97 Å². The Morgan fingerprint density at radius 2 is 1.77 bits per heavy atom. The lowest BCUT2D eigenvalue weighted by atomic mass is 10.1. The van der Waals surface area contributed by atoms with Crippen LogP contribution in [-0.4, -0.2) is 29.0 Å². The van der Waals surface area contributed by atoms with Crippen molar-refractivity contribution in [2.75, 3.05) is 18.0 Å². The van der Waals surface area contributed by atoms with E-state index in [0.717, 1.165) is 42.8 Å². The molecule has 2 aromatic rings. The first-order valence-electron chi connectivity index (χ1n) is 7.65. The van der Waals surface area contributed by atoms with Gasteiger partial charge >= 0.3 is 0 Å². The number of aromatic nitrogens is 2. The highest BCUT2D eigenvalue weighted by Gasteiger charge is 2.20. The number of piperidine rings is 1. The average molecular weight is 296 g/mol.